The minimum Gasteiger partial charge on any atom is -0.490 e. The number of nitrogens with zero attached hydrogens (tertiary/aromatic N) is 7. The van der Waals surface area contributed by atoms with E-state index < -0.39 is 41.2 Å². The Bertz CT molecular complexity index is 3640. The van der Waals surface area contributed by atoms with Gasteiger partial charge in [-0.15, -0.1) is 0 Å². The summed E-state index contributed by atoms with van der Waals surface area (Å²) < 4.78 is 47.1. The summed E-state index contributed by atoms with van der Waals surface area (Å²) in [5, 5.41) is 19.0. The highest BCUT2D eigenvalue weighted by Gasteiger charge is 2.45. The van der Waals surface area contributed by atoms with Gasteiger partial charge in [0.1, 0.15) is 34.8 Å². The molecule has 22 heteroatoms. The molecule has 6 aliphatic rings. The summed E-state index contributed by atoms with van der Waals surface area (Å²) in [6.07, 6.45) is 8.12. The van der Waals surface area contributed by atoms with Crippen LogP contribution in [0, 0.1) is 11.6 Å². The van der Waals surface area contributed by atoms with Crippen molar-refractivity contribution in [3.8, 4) is 11.5 Å². The highest BCUT2D eigenvalue weighted by Crippen LogP contribution is 2.32. The maximum Gasteiger partial charge on any atom is 0.410 e. The number of fused-ring (bicyclic) bond motifs is 2. The van der Waals surface area contributed by atoms with Crippen LogP contribution in [0.4, 0.5) is 13.6 Å². The average Bonchev–Trinajstić information content (AvgIpc) is 3.44. The van der Waals surface area contributed by atoms with E-state index >= 15 is 0 Å². The molecule has 6 heterocycles. The molecule has 2 atom stereocenters. The first-order valence-corrected chi connectivity index (χ1v) is 28.5. The standard InChI is InChI=1S/C33H38FN5O6.C28H30FN5O4/c1-33(2,3)45-32(43)39-13-12-28(39)31(42)37(4)20-17-38(18-20)30(41)25-14-19(8-11-26(25)34)15-27-24-16-22(44-21-6-5-7-21)9-10-23(24)29(40)36-35-27;1-33(28(37)24-9-10-30-24)17-14-34(15-17)27(36)22-11-16(5-8-23(22)29)12-25-21-13-19(38-18-3-2-4-18)6-7-20(21)26(35)32-31-25/h8-11,14,16,20-21,28H,5-7,12-13,15,17-18H2,1-4H3,(H,36,40);5-8,11,13,17-18,24,30H,2-4,9-10,12,14-15H2,1H3,(H,32,35). The van der Waals surface area contributed by atoms with Gasteiger partial charge in [-0.05, 0) is 150 Å². The Morgan fingerprint density at radius 2 is 1.07 bits per heavy atom. The van der Waals surface area contributed by atoms with Crippen LogP contribution in [-0.2, 0) is 27.2 Å². The van der Waals surface area contributed by atoms with Crippen molar-refractivity contribution >= 4 is 51.3 Å². The molecule has 0 bridgehead atoms. The van der Waals surface area contributed by atoms with Gasteiger partial charge in [0.25, 0.3) is 22.9 Å². The Hall–Kier alpha value is -8.27. The number of likely N-dealkylation sites (N-methyl/N-ethyl adjacent to an activating group) is 2. The number of aromatic amines is 2. The Labute approximate surface area is 477 Å². The number of halogens is 2. The smallest absolute Gasteiger partial charge is 0.410 e. The third kappa shape index (κ3) is 12.0. The lowest BCUT2D eigenvalue weighted by Crippen LogP contribution is -2.66. The molecule has 4 aromatic carbocycles. The fraction of sp³-hybridized carbons (Fsp3) is 0.459. The zero-order chi connectivity index (χ0) is 58.4. The molecule has 436 valence electrons. The van der Waals surface area contributed by atoms with E-state index in [1.54, 1.807) is 92.0 Å². The Balaban J connectivity index is 0.000000176. The maximum atomic E-state index is 14.9. The second-order valence-corrected chi connectivity index (χ2v) is 23.6. The second-order valence-electron chi connectivity index (χ2n) is 23.6. The second kappa shape index (κ2) is 23.2. The summed E-state index contributed by atoms with van der Waals surface area (Å²) in [5.74, 6) is -0.936. The first kappa shape index (κ1) is 56.6. The van der Waals surface area contributed by atoms with Crippen LogP contribution in [0.25, 0.3) is 21.5 Å². The van der Waals surface area contributed by atoms with E-state index in [4.69, 9.17) is 14.2 Å². The predicted octanol–water partition coefficient (Wildman–Crippen LogP) is 6.11. The molecule has 4 saturated heterocycles. The number of aromatic nitrogens is 4. The number of hydrogen-bond donors (Lipinski definition) is 3. The van der Waals surface area contributed by atoms with E-state index in [1.165, 1.54) is 28.0 Å². The molecule has 83 heavy (non-hydrogen) atoms. The van der Waals surface area contributed by atoms with Crippen molar-refractivity contribution in [2.75, 3.05) is 53.4 Å². The molecule has 6 aromatic rings. The minimum absolute atomic E-state index is 0.0154. The van der Waals surface area contributed by atoms with Crippen molar-refractivity contribution in [3.63, 3.8) is 0 Å². The SMILES string of the molecule is CN(C(=O)C1CCN1)C1CN(C(=O)c2cc(Cc3n[nH]c(=O)c4ccc(OC5CCC5)cc34)ccc2F)C1.CN(C(=O)C1CCN1C(=O)OC(C)(C)C)C1CN(C(=O)c2cc(Cc3n[nH]c(=O)c4ccc(OC5CCC5)cc34)ccc2F)C1. The fourth-order valence-corrected chi connectivity index (χ4v) is 10.9. The summed E-state index contributed by atoms with van der Waals surface area (Å²) in [7, 11) is 3.41. The molecule has 12 rings (SSSR count). The molecule has 2 aliphatic carbocycles. The van der Waals surface area contributed by atoms with Crippen molar-refractivity contribution in [1.29, 1.82) is 0 Å². The molecular weight excluding hydrogens is 1070 g/mol. The van der Waals surface area contributed by atoms with Crippen LogP contribution in [0.15, 0.2) is 82.4 Å². The van der Waals surface area contributed by atoms with Gasteiger partial charge in [0.05, 0.1) is 63.6 Å². The van der Waals surface area contributed by atoms with Crippen LogP contribution >= 0.6 is 0 Å². The molecular formula is C61H68F2N10O10. The van der Waals surface area contributed by atoms with Gasteiger partial charge in [0.15, 0.2) is 0 Å². The van der Waals surface area contributed by atoms with Crippen LogP contribution in [0.1, 0.15) is 115 Å². The monoisotopic (exact) mass is 1140 g/mol. The van der Waals surface area contributed by atoms with Crippen LogP contribution in [0.3, 0.4) is 0 Å². The van der Waals surface area contributed by atoms with E-state index in [0.717, 1.165) is 51.5 Å². The van der Waals surface area contributed by atoms with Crippen molar-refractivity contribution in [2.45, 2.75) is 127 Å². The number of H-pyrrole nitrogens is 2. The summed E-state index contributed by atoms with van der Waals surface area (Å²) in [6, 6.07) is 18.4. The quantitative estimate of drug-likeness (QED) is 0.112. The highest BCUT2D eigenvalue weighted by molar-refractivity contribution is 5.97. The number of amides is 5. The number of ether oxygens (including phenoxy) is 3. The molecule has 2 unspecified atom stereocenters. The number of rotatable bonds is 14. The van der Waals surface area contributed by atoms with Gasteiger partial charge in [0, 0.05) is 70.4 Å². The molecule has 20 nitrogen and oxygen atoms in total. The molecule has 2 aromatic heterocycles. The lowest BCUT2D eigenvalue weighted by Gasteiger charge is -2.47. The number of likely N-dealkylation sites (tertiary alicyclic amines) is 3. The van der Waals surface area contributed by atoms with Crippen LogP contribution in [-0.4, -0.2) is 170 Å². The third-order valence-corrected chi connectivity index (χ3v) is 16.8. The van der Waals surface area contributed by atoms with Gasteiger partial charge in [-0.3, -0.25) is 33.7 Å². The van der Waals surface area contributed by atoms with Crippen molar-refractivity contribution < 1.29 is 47.0 Å². The lowest BCUT2D eigenvalue weighted by atomic mass is 9.96. The van der Waals surface area contributed by atoms with Crippen LogP contribution < -0.4 is 25.9 Å². The number of nitrogens with one attached hydrogen (secondary N) is 3. The molecule has 5 amide bonds. The van der Waals surface area contributed by atoms with Gasteiger partial charge in [0.2, 0.25) is 11.8 Å². The molecule has 0 spiro atoms. The van der Waals surface area contributed by atoms with Crippen LogP contribution in [0.5, 0.6) is 11.5 Å². The summed E-state index contributed by atoms with van der Waals surface area (Å²) in [4.78, 5) is 97.1. The van der Waals surface area contributed by atoms with E-state index in [9.17, 15) is 42.3 Å². The van der Waals surface area contributed by atoms with Gasteiger partial charge in [-0.1, -0.05) is 12.1 Å². The normalized spacial score (nSPS) is 19.0. The Morgan fingerprint density at radius 1 is 0.614 bits per heavy atom. The van der Waals surface area contributed by atoms with E-state index in [-0.39, 0.29) is 83.9 Å². The van der Waals surface area contributed by atoms with Gasteiger partial charge in [-0.2, -0.15) is 10.2 Å². The summed E-state index contributed by atoms with van der Waals surface area (Å²) >= 11 is 0. The predicted molar refractivity (Wildman–Crippen MR) is 302 cm³/mol. The molecule has 3 N–H and O–H groups in total. The van der Waals surface area contributed by atoms with E-state index in [1.807, 2.05) is 12.1 Å². The zero-order valence-corrected chi connectivity index (χ0v) is 47.2. The summed E-state index contributed by atoms with van der Waals surface area (Å²) in [5.41, 5.74) is 1.18. The van der Waals surface area contributed by atoms with E-state index in [2.05, 4.69) is 25.7 Å². The molecule has 6 fully saturated rings. The highest BCUT2D eigenvalue weighted by atomic mass is 19.1. The lowest BCUT2D eigenvalue weighted by molar-refractivity contribution is -0.144. The first-order valence-electron chi connectivity index (χ1n) is 28.5. The molecule has 0 radical (unpaired) electrons. The van der Waals surface area contributed by atoms with E-state index in [0.29, 0.717) is 88.0 Å². The Morgan fingerprint density at radius 3 is 1.46 bits per heavy atom. The average molecular weight is 1140 g/mol. The van der Waals surface area contributed by atoms with Gasteiger partial charge >= 0.3 is 6.09 Å². The largest absolute Gasteiger partial charge is 0.490 e. The summed E-state index contributed by atoms with van der Waals surface area (Å²) in [6.45, 7) is 7.85. The number of hydrogen-bond acceptors (Lipinski definition) is 13. The molecule has 4 aliphatic heterocycles. The Kier molecular flexibility index (Phi) is 15.8. The van der Waals surface area contributed by atoms with Gasteiger partial charge in [-0.25, -0.2) is 23.8 Å². The maximum absolute atomic E-state index is 14.9. The van der Waals surface area contributed by atoms with Crippen LogP contribution in [0.2, 0.25) is 0 Å². The number of benzene rings is 4. The zero-order valence-electron chi connectivity index (χ0n) is 47.2. The molecule has 2 saturated carbocycles. The number of carbonyl (C=O) groups excluding carboxylic acids is 5. The van der Waals surface area contributed by atoms with Crippen molar-refractivity contribution in [3.05, 3.63) is 139 Å². The fourth-order valence-electron chi connectivity index (χ4n) is 10.9. The third-order valence-electron chi connectivity index (χ3n) is 16.8. The van der Waals surface area contributed by atoms with Gasteiger partial charge < -0.3 is 39.1 Å². The minimum atomic E-state index is -0.661. The van der Waals surface area contributed by atoms with Crippen molar-refractivity contribution in [2.24, 2.45) is 0 Å². The number of carbonyl (C=O) groups is 5. The first-order chi connectivity index (χ1) is 39.7. The topological polar surface area (TPSA) is 233 Å². The van der Waals surface area contributed by atoms with Crippen molar-refractivity contribution in [1.82, 2.24) is 50.2 Å².